The number of rotatable bonds is 2. The van der Waals surface area contributed by atoms with Crippen molar-refractivity contribution in [2.45, 2.75) is 0 Å². The minimum atomic E-state index is -0.288. The number of hydrogen-bond acceptors (Lipinski definition) is 3. The van der Waals surface area contributed by atoms with Crippen LogP contribution in [-0.4, -0.2) is 15.9 Å². The summed E-state index contributed by atoms with van der Waals surface area (Å²) in [4.78, 5) is 20.6. The van der Waals surface area contributed by atoms with Crippen LogP contribution in [-0.2, 0) is 0 Å². The van der Waals surface area contributed by atoms with Crippen LogP contribution < -0.4 is 5.32 Å². The molecule has 0 saturated heterocycles. The molecule has 0 radical (unpaired) electrons. The van der Waals surface area contributed by atoms with E-state index in [4.69, 9.17) is 11.6 Å². The lowest BCUT2D eigenvalue weighted by Crippen LogP contribution is -2.14. The molecule has 0 atom stereocenters. The quantitative estimate of drug-likeness (QED) is 0.692. The zero-order valence-corrected chi connectivity index (χ0v) is 13.0. The summed E-state index contributed by atoms with van der Waals surface area (Å²) in [6, 6.07) is 12.3. The molecule has 0 unspecified atom stereocenters. The van der Waals surface area contributed by atoms with Crippen molar-refractivity contribution in [3.05, 3.63) is 64.0 Å². The zero-order chi connectivity index (χ0) is 14.8. The van der Waals surface area contributed by atoms with E-state index in [1.54, 1.807) is 42.6 Å². The van der Waals surface area contributed by atoms with Gasteiger partial charge < -0.3 is 5.32 Å². The number of nitrogens with one attached hydrogen (secondary N) is 1. The van der Waals surface area contributed by atoms with E-state index >= 15 is 0 Å². The molecule has 0 aliphatic carbocycles. The maximum Gasteiger partial charge on any atom is 0.274 e. The maximum absolute atomic E-state index is 12.2. The summed E-state index contributed by atoms with van der Waals surface area (Å²) >= 11 is 9.36. The van der Waals surface area contributed by atoms with Gasteiger partial charge in [-0.2, -0.15) is 0 Å². The maximum atomic E-state index is 12.2. The Bertz CT molecular complexity index is 838. The highest BCUT2D eigenvalue weighted by Gasteiger charge is 2.11. The summed E-state index contributed by atoms with van der Waals surface area (Å²) in [7, 11) is 0. The molecule has 0 aliphatic heterocycles. The predicted molar refractivity (Wildman–Crippen MR) is 86.6 cm³/mol. The largest absolute Gasteiger partial charge is 0.320 e. The fourth-order valence-electron chi connectivity index (χ4n) is 1.97. The first-order valence-corrected chi connectivity index (χ1v) is 7.29. The van der Waals surface area contributed by atoms with Crippen LogP contribution in [0.5, 0.6) is 0 Å². The van der Waals surface area contributed by atoms with Gasteiger partial charge in [0.25, 0.3) is 5.91 Å². The van der Waals surface area contributed by atoms with Gasteiger partial charge in [0.15, 0.2) is 0 Å². The van der Waals surface area contributed by atoms with Crippen molar-refractivity contribution < 1.29 is 4.79 Å². The Morgan fingerprint density at radius 2 is 2.00 bits per heavy atom. The van der Waals surface area contributed by atoms with E-state index in [2.05, 4.69) is 31.2 Å². The summed E-state index contributed by atoms with van der Waals surface area (Å²) in [6.45, 7) is 0. The fourth-order valence-corrected chi connectivity index (χ4v) is 2.53. The smallest absolute Gasteiger partial charge is 0.274 e. The molecule has 0 saturated carbocycles. The minimum Gasteiger partial charge on any atom is -0.320 e. The molecular formula is C15H9BrClN3O. The summed E-state index contributed by atoms with van der Waals surface area (Å²) in [6.07, 6.45) is 1.66. The van der Waals surface area contributed by atoms with E-state index in [1.165, 1.54) is 0 Å². The lowest BCUT2D eigenvalue weighted by molar-refractivity contribution is 0.102. The van der Waals surface area contributed by atoms with Crippen LogP contribution >= 0.6 is 27.5 Å². The highest BCUT2D eigenvalue weighted by Crippen LogP contribution is 2.28. The Balaban J connectivity index is 1.99. The number of benzene rings is 1. The van der Waals surface area contributed by atoms with Crippen LogP contribution in [0.2, 0.25) is 5.02 Å². The van der Waals surface area contributed by atoms with Crippen molar-refractivity contribution in [3.8, 4) is 0 Å². The second kappa shape index (κ2) is 5.79. The van der Waals surface area contributed by atoms with Crippen LogP contribution in [0.4, 0.5) is 5.69 Å². The highest BCUT2D eigenvalue weighted by molar-refractivity contribution is 9.10. The van der Waals surface area contributed by atoms with E-state index in [0.717, 1.165) is 5.39 Å². The Kier molecular flexibility index (Phi) is 3.86. The summed E-state index contributed by atoms with van der Waals surface area (Å²) in [5.74, 6) is -0.288. The molecule has 1 amide bonds. The summed E-state index contributed by atoms with van der Waals surface area (Å²) in [5, 5.41) is 4.17. The van der Waals surface area contributed by atoms with Gasteiger partial charge in [-0.15, -0.1) is 0 Å². The average Bonchev–Trinajstić information content (AvgIpc) is 2.50. The number of fused-ring (bicyclic) bond motifs is 1. The van der Waals surface area contributed by atoms with E-state index in [0.29, 0.717) is 26.5 Å². The number of pyridine rings is 2. The van der Waals surface area contributed by atoms with Crippen molar-refractivity contribution in [1.82, 2.24) is 9.97 Å². The monoisotopic (exact) mass is 361 g/mol. The first-order chi connectivity index (χ1) is 10.1. The van der Waals surface area contributed by atoms with Crippen molar-refractivity contribution >= 4 is 50.0 Å². The fraction of sp³-hybridized carbons (Fsp3) is 0. The third-order valence-electron chi connectivity index (χ3n) is 2.92. The lowest BCUT2D eigenvalue weighted by Gasteiger charge is -2.09. The number of halogens is 2. The van der Waals surface area contributed by atoms with Crippen LogP contribution in [0.1, 0.15) is 10.5 Å². The van der Waals surface area contributed by atoms with Crippen molar-refractivity contribution in [2.24, 2.45) is 0 Å². The Morgan fingerprint density at radius 3 is 2.81 bits per heavy atom. The second-order valence-corrected chi connectivity index (χ2v) is 5.51. The van der Waals surface area contributed by atoms with Gasteiger partial charge in [0, 0.05) is 11.6 Å². The standard InChI is InChI=1S/C15H9BrClN3O/c16-13-5-1-4-12(19-13)15(21)20-11-7-6-10(17)14-9(11)3-2-8-18-14/h1-8H,(H,20,21). The number of hydrogen-bond donors (Lipinski definition) is 1. The van der Waals surface area contributed by atoms with E-state index in [9.17, 15) is 4.79 Å². The molecule has 21 heavy (non-hydrogen) atoms. The van der Waals surface area contributed by atoms with Gasteiger partial charge in [0.2, 0.25) is 0 Å². The van der Waals surface area contributed by atoms with Crippen molar-refractivity contribution in [3.63, 3.8) is 0 Å². The average molecular weight is 363 g/mol. The zero-order valence-electron chi connectivity index (χ0n) is 10.7. The van der Waals surface area contributed by atoms with Gasteiger partial charge in [0.05, 0.1) is 16.2 Å². The first-order valence-electron chi connectivity index (χ1n) is 6.12. The normalized spacial score (nSPS) is 10.6. The topological polar surface area (TPSA) is 54.9 Å². The number of carbonyl (C=O) groups excluding carboxylic acids is 1. The Labute approximate surface area is 134 Å². The highest BCUT2D eigenvalue weighted by atomic mass is 79.9. The molecule has 3 aromatic rings. The second-order valence-electron chi connectivity index (χ2n) is 4.29. The van der Waals surface area contributed by atoms with Crippen LogP contribution in [0.3, 0.4) is 0 Å². The minimum absolute atomic E-state index is 0.288. The van der Waals surface area contributed by atoms with Gasteiger partial charge >= 0.3 is 0 Å². The van der Waals surface area contributed by atoms with Gasteiger partial charge in [-0.1, -0.05) is 17.7 Å². The number of aromatic nitrogens is 2. The van der Waals surface area contributed by atoms with Crippen LogP contribution in [0.15, 0.2) is 53.3 Å². The van der Waals surface area contributed by atoms with E-state index < -0.39 is 0 Å². The third kappa shape index (κ3) is 2.89. The summed E-state index contributed by atoms with van der Waals surface area (Å²) < 4.78 is 0.609. The predicted octanol–water partition coefficient (Wildman–Crippen LogP) is 4.30. The molecule has 4 nitrogen and oxygen atoms in total. The SMILES string of the molecule is O=C(Nc1ccc(Cl)c2ncccc12)c1cccc(Br)n1. The molecule has 3 rings (SSSR count). The van der Waals surface area contributed by atoms with Crippen LogP contribution in [0.25, 0.3) is 10.9 Å². The Hall–Kier alpha value is -1.98. The number of nitrogens with zero attached hydrogens (tertiary/aromatic N) is 2. The molecule has 0 fully saturated rings. The van der Waals surface area contributed by atoms with E-state index in [-0.39, 0.29) is 5.91 Å². The van der Waals surface area contributed by atoms with Crippen molar-refractivity contribution in [1.29, 1.82) is 0 Å². The number of carbonyl (C=O) groups is 1. The van der Waals surface area contributed by atoms with Crippen LogP contribution in [0, 0.1) is 0 Å². The molecule has 2 aromatic heterocycles. The lowest BCUT2D eigenvalue weighted by atomic mass is 10.1. The molecule has 1 N–H and O–H groups in total. The summed E-state index contributed by atoms with van der Waals surface area (Å²) in [5.41, 5.74) is 1.63. The molecule has 2 heterocycles. The van der Waals surface area contributed by atoms with Gasteiger partial charge in [-0.05, 0) is 52.3 Å². The Morgan fingerprint density at radius 1 is 1.14 bits per heavy atom. The van der Waals surface area contributed by atoms with E-state index in [1.807, 2.05) is 6.07 Å². The number of amides is 1. The van der Waals surface area contributed by atoms with Crippen molar-refractivity contribution in [2.75, 3.05) is 5.32 Å². The number of anilines is 1. The molecular weight excluding hydrogens is 354 g/mol. The van der Waals surface area contributed by atoms with Gasteiger partial charge in [-0.3, -0.25) is 9.78 Å². The molecule has 1 aromatic carbocycles. The third-order valence-corrected chi connectivity index (χ3v) is 3.66. The van der Waals surface area contributed by atoms with Gasteiger partial charge in [0.1, 0.15) is 10.3 Å². The molecule has 104 valence electrons. The molecule has 0 aliphatic rings. The molecule has 6 heteroatoms. The molecule has 0 bridgehead atoms. The van der Waals surface area contributed by atoms with Gasteiger partial charge in [-0.25, -0.2) is 4.98 Å². The molecule has 0 spiro atoms. The first kappa shape index (κ1) is 14.0.